The highest BCUT2D eigenvalue weighted by Crippen LogP contribution is 2.27. The molecule has 2 aliphatic rings. The summed E-state index contributed by atoms with van der Waals surface area (Å²) in [5.74, 6) is 0.728. The van der Waals surface area contributed by atoms with Crippen LogP contribution in [0.25, 0.3) is 0 Å². The molecule has 5 heteroatoms. The lowest BCUT2D eigenvalue weighted by atomic mass is 9.94. The monoisotopic (exact) mass is 250 g/mol. The SMILES string of the molecule is FC(F)(F)CCCCNC1CCN2CCC1C2. The van der Waals surface area contributed by atoms with Crippen molar-refractivity contribution in [2.45, 2.75) is 44.3 Å². The van der Waals surface area contributed by atoms with Gasteiger partial charge in [-0.3, -0.25) is 0 Å². The number of rotatable bonds is 5. The van der Waals surface area contributed by atoms with Crippen molar-refractivity contribution in [1.29, 1.82) is 0 Å². The maximum absolute atomic E-state index is 11.9. The number of nitrogens with zero attached hydrogens (tertiary/aromatic N) is 1. The second-order valence-corrected chi connectivity index (χ2v) is 5.27. The number of hydrogen-bond donors (Lipinski definition) is 1. The van der Waals surface area contributed by atoms with Crippen molar-refractivity contribution in [3.05, 3.63) is 0 Å². The number of alkyl halides is 3. The Morgan fingerprint density at radius 2 is 1.88 bits per heavy atom. The lowest BCUT2D eigenvalue weighted by Crippen LogP contribution is -2.44. The highest BCUT2D eigenvalue weighted by atomic mass is 19.4. The van der Waals surface area contributed by atoms with Gasteiger partial charge in [0, 0.05) is 19.0 Å². The van der Waals surface area contributed by atoms with Gasteiger partial charge in [-0.2, -0.15) is 13.2 Å². The summed E-state index contributed by atoms with van der Waals surface area (Å²) >= 11 is 0. The number of unbranched alkanes of at least 4 members (excludes halogenated alkanes) is 1. The number of hydrogen-bond acceptors (Lipinski definition) is 2. The van der Waals surface area contributed by atoms with E-state index in [1.54, 1.807) is 0 Å². The first-order valence-corrected chi connectivity index (χ1v) is 6.57. The highest BCUT2D eigenvalue weighted by molar-refractivity contribution is 4.90. The predicted molar refractivity (Wildman–Crippen MR) is 60.9 cm³/mol. The Bertz CT molecular complexity index is 242. The normalized spacial score (nSPS) is 33.0. The molecule has 2 heterocycles. The standard InChI is InChI=1S/C12H21F3N2/c13-12(14,15)5-1-2-6-16-11-4-8-17-7-3-10(11)9-17/h10-11,16H,1-9H2. The molecule has 2 aliphatic heterocycles. The van der Waals surface area contributed by atoms with E-state index in [0.717, 1.165) is 25.4 Å². The molecule has 2 nitrogen and oxygen atoms in total. The first-order chi connectivity index (χ1) is 8.04. The fourth-order valence-corrected chi connectivity index (χ4v) is 2.96. The molecule has 1 N–H and O–H groups in total. The zero-order valence-corrected chi connectivity index (χ0v) is 10.1. The Kier molecular flexibility index (Phi) is 4.31. The van der Waals surface area contributed by atoms with Crippen LogP contribution < -0.4 is 5.32 Å². The van der Waals surface area contributed by atoms with Gasteiger partial charge in [-0.15, -0.1) is 0 Å². The molecule has 0 radical (unpaired) electrons. The minimum atomic E-state index is -3.99. The number of halogens is 3. The quantitative estimate of drug-likeness (QED) is 0.754. The molecule has 0 aromatic heterocycles. The summed E-state index contributed by atoms with van der Waals surface area (Å²) in [5.41, 5.74) is 0. The molecule has 0 saturated carbocycles. The largest absolute Gasteiger partial charge is 0.389 e. The molecule has 0 aliphatic carbocycles. The minimum Gasteiger partial charge on any atom is -0.314 e. The predicted octanol–water partition coefficient (Wildman–Crippen LogP) is 2.40. The van der Waals surface area contributed by atoms with Crippen molar-refractivity contribution in [1.82, 2.24) is 10.2 Å². The van der Waals surface area contributed by atoms with E-state index < -0.39 is 12.6 Å². The second-order valence-electron chi connectivity index (χ2n) is 5.27. The smallest absolute Gasteiger partial charge is 0.314 e. The van der Waals surface area contributed by atoms with Crippen molar-refractivity contribution < 1.29 is 13.2 Å². The zero-order chi connectivity index (χ0) is 12.3. The van der Waals surface area contributed by atoms with Crippen LogP contribution in [0.15, 0.2) is 0 Å². The van der Waals surface area contributed by atoms with Crippen LogP contribution in [0.4, 0.5) is 13.2 Å². The number of nitrogens with one attached hydrogen (secondary N) is 1. The summed E-state index contributed by atoms with van der Waals surface area (Å²) in [6, 6.07) is 0.541. The van der Waals surface area contributed by atoms with Crippen LogP contribution in [0.5, 0.6) is 0 Å². The average Bonchev–Trinajstić information content (AvgIpc) is 2.62. The fraction of sp³-hybridized carbons (Fsp3) is 1.00. The van der Waals surface area contributed by atoms with Crippen molar-refractivity contribution in [2.24, 2.45) is 5.92 Å². The molecule has 2 rings (SSSR count). The van der Waals surface area contributed by atoms with Gasteiger partial charge < -0.3 is 10.2 Å². The van der Waals surface area contributed by atoms with E-state index in [1.807, 2.05) is 0 Å². The second kappa shape index (κ2) is 5.57. The van der Waals surface area contributed by atoms with Crippen LogP contribution in [0.1, 0.15) is 32.1 Å². The van der Waals surface area contributed by atoms with E-state index in [4.69, 9.17) is 0 Å². The number of piperidine rings is 1. The molecule has 2 saturated heterocycles. The lowest BCUT2D eigenvalue weighted by molar-refractivity contribution is -0.135. The highest BCUT2D eigenvalue weighted by Gasteiger charge is 2.33. The summed E-state index contributed by atoms with van der Waals surface area (Å²) in [4.78, 5) is 2.48. The van der Waals surface area contributed by atoms with Gasteiger partial charge in [0.25, 0.3) is 0 Å². The molecular weight excluding hydrogens is 229 g/mol. The maximum Gasteiger partial charge on any atom is 0.389 e. The van der Waals surface area contributed by atoms with Gasteiger partial charge in [0.1, 0.15) is 0 Å². The minimum absolute atomic E-state index is 0.250. The van der Waals surface area contributed by atoms with E-state index in [2.05, 4.69) is 10.2 Å². The van der Waals surface area contributed by atoms with Gasteiger partial charge >= 0.3 is 6.18 Å². The van der Waals surface area contributed by atoms with E-state index in [-0.39, 0.29) is 6.42 Å². The van der Waals surface area contributed by atoms with E-state index in [1.165, 1.54) is 19.5 Å². The molecule has 0 spiro atoms. The lowest BCUT2D eigenvalue weighted by Gasteiger charge is -2.31. The van der Waals surface area contributed by atoms with Crippen molar-refractivity contribution >= 4 is 0 Å². The Morgan fingerprint density at radius 1 is 1.12 bits per heavy atom. The summed E-state index contributed by atoms with van der Waals surface area (Å²) in [6.07, 6.45) is -1.34. The molecular formula is C12H21F3N2. The molecule has 0 amide bonds. The third kappa shape index (κ3) is 4.14. The Balaban J connectivity index is 1.56. The van der Waals surface area contributed by atoms with Crippen LogP contribution >= 0.6 is 0 Å². The molecule has 3 unspecified atom stereocenters. The van der Waals surface area contributed by atoms with E-state index in [9.17, 15) is 13.2 Å². The van der Waals surface area contributed by atoms with Gasteiger partial charge in [-0.05, 0) is 51.2 Å². The average molecular weight is 250 g/mol. The van der Waals surface area contributed by atoms with E-state index >= 15 is 0 Å². The summed E-state index contributed by atoms with van der Waals surface area (Å²) in [6.45, 7) is 4.27. The molecule has 3 atom stereocenters. The van der Waals surface area contributed by atoms with Crippen LogP contribution in [-0.4, -0.2) is 43.3 Å². The molecule has 17 heavy (non-hydrogen) atoms. The van der Waals surface area contributed by atoms with E-state index in [0.29, 0.717) is 12.5 Å². The molecule has 100 valence electrons. The van der Waals surface area contributed by atoms with Gasteiger partial charge in [-0.1, -0.05) is 0 Å². The summed E-state index contributed by atoms with van der Waals surface area (Å²) < 4.78 is 35.8. The molecule has 0 aromatic rings. The molecule has 0 aromatic carbocycles. The first-order valence-electron chi connectivity index (χ1n) is 6.57. The topological polar surface area (TPSA) is 15.3 Å². The van der Waals surface area contributed by atoms with Crippen molar-refractivity contribution in [2.75, 3.05) is 26.2 Å². The van der Waals surface area contributed by atoms with Gasteiger partial charge in [0.15, 0.2) is 0 Å². The fourth-order valence-electron chi connectivity index (χ4n) is 2.96. The Labute approximate surface area is 101 Å². The third-order valence-electron chi connectivity index (χ3n) is 3.93. The van der Waals surface area contributed by atoms with Crippen LogP contribution in [-0.2, 0) is 0 Å². The Morgan fingerprint density at radius 3 is 2.65 bits per heavy atom. The van der Waals surface area contributed by atoms with Crippen molar-refractivity contribution in [3.63, 3.8) is 0 Å². The van der Waals surface area contributed by atoms with Gasteiger partial charge in [0.2, 0.25) is 0 Å². The third-order valence-corrected chi connectivity index (χ3v) is 3.93. The van der Waals surface area contributed by atoms with Crippen LogP contribution in [0, 0.1) is 5.92 Å². The van der Waals surface area contributed by atoms with Crippen molar-refractivity contribution in [3.8, 4) is 0 Å². The molecule has 2 fully saturated rings. The molecule has 2 bridgehead atoms. The van der Waals surface area contributed by atoms with Gasteiger partial charge in [0.05, 0.1) is 0 Å². The summed E-state index contributed by atoms with van der Waals surface area (Å²) in [7, 11) is 0. The number of fused-ring (bicyclic) bond motifs is 2. The van der Waals surface area contributed by atoms with Crippen LogP contribution in [0.2, 0.25) is 0 Å². The first kappa shape index (κ1) is 13.1. The Hall–Kier alpha value is -0.290. The zero-order valence-electron chi connectivity index (χ0n) is 10.1. The van der Waals surface area contributed by atoms with Crippen LogP contribution in [0.3, 0.4) is 0 Å². The summed E-state index contributed by atoms with van der Waals surface area (Å²) in [5, 5.41) is 3.44. The maximum atomic E-state index is 11.9. The van der Waals surface area contributed by atoms with Gasteiger partial charge in [-0.25, -0.2) is 0 Å².